The zero-order valence-corrected chi connectivity index (χ0v) is 17.0. The van der Waals surface area contributed by atoms with E-state index in [1.165, 1.54) is 0 Å². The molecule has 0 radical (unpaired) electrons. The molecule has 1 N–H and O–H groups in total. The lowest BCUT2D eigenvalue weighted by molar-refractivity contribution is -0.116. The summed E-state index contributed by atoms with van der Waals surface area (Å²) in [5.41, 5.74) is 1.50. The maximum atomic E-state index is 12.2. The number of hydrogen-bond donors (Lipinski definition) is 1. The van der Waals surface area contributed by atoms with E-state index in [0.29, 0.717) is 35.3 Å². The molecule has 0 aliphatic heterocycles. The van der Waals surface area contributed by atoms with Crippen LogP contribution in [-0.2, 0) is 11.2 Å². The molecule has 27 heavy (non-hydrogen) atoms. The Hall–Kier alpha value is -2.62. The van der Waals surface area contributed by atoms with Crippen molar-refractivity contribution in [2.45, 2.75) is 12.8 Å². The van der Waals surface area contributed by atoms with E-state index in [0.717, 1.165) is 9.13 Å². The zero-order valence-electron chi connectivity index (χ0n) is 14.9. The summed E-state index contributed by atoms with van der Waals surface area (Å²) in [7, 11) is 3.11. The second-order valence-corrected chi connectivity index (χ2v) is 6.88. The molecule has 0 saturated heterocycles. The van der Waals surface area contributed by atoms with Gasteiger partial charge in [0, 0.05) is 33.7 Å². The quantitative estimate of drug-likeness (QED) is 0.517. The second-order valence-electron chi connectivity index (χ2n) is 5.64. The minimum atomic E-state index is -0.156. The van der Waals surface area contributed by atoms with Crippen LogP contribution in [0.3, 0.4) is 0 Å². The Morgan fingerprint density at radius 1 is 1.11 bits per heavy atom. The Morgan fingerprint density at radius 2 is 1.85 bits per heavy atom. The van der Waals surface area contributed by atoms with Gasteiger partial charge in [-0.1, -0.05) is 17.3 Å². The summed E-state index contributed by atoms with van der Waals surface area (Å²) < 4.78 is 16.8. The third-order valence-electron chi connectivity index (χ3n) is 3.80. The molecular formula is C19H18IN3O4. The number of benzene rings is 2. The molecule has 0 atom stereocenters. The second kappa shape index (κ2) is 8.85. The normalized spacial score (nSPS) is 10.5. The molecule has 140 valence electrons. The topological polar surface area (TPSA) is 86.5 Å². The van der Waals surface area contributed by atoms with Crippen LogP contribution in [0.15, 0.2) is 47.0 Å². The van der Waals surface area contributed by atoms with Gasteiger partial charge in [0.15, 0.2) is 11.5 Å². The molecule has 1 aromatic heterocycles. The average molecular weight is 479 g/mol. The lowest BCUT2D eigenvalue weighted by Gasteiger charge is -2.10. The van der Waals surface area contributed by atoms with Crippen molar-refractivity contribution in [3.05, 3.63) is 51.9 Å². The Labute approximate surface area is 170 Å². The summed E-state index contributed by atoms with van der Waals surface area (Å²) in [5, 5.41) is 6.79. The highest BCUT2D eigenvalue weighted by Gasteiger charge is 2.12. The van der Waals surface area contributed by atoms with Crippen molar-refractivity contribution < 1.29 is 18.8 Å². The fraction of sp³-hybridized carbons (Fsp3) is 0.211. The third-order valence-corrected chi connectivity index (χ3v) is 4.52. The van der Waals surface area contributed by atoms with Gasteiger partial charge in [0.1, 0.15) is 0 Å². The highest BCUT2D eigenvalue weighted by Crippen LogP contribution is 2.29. The largest absolute Gasteiger partial charge is 0.493 e. The number of aromatic nitrogens is 2. The van der Waals surface area contributed by atoms with Gasteiger partial charge in [-0.15, -0.1) is 0 Å². The highest BCUT2D eigenvalue weighted by molar-refractivity contribution is 14.1. The van der Waals surface area contributed by atoms with E-state index in [1.54, 1.807) is 32.4 Å². The molecular weight excluding hydrogens is 461 g/mol. The maximum Gasteiger partial charge on any atom is 0.227 e. The Bertz CT molecular complexity index is 925. The smallest absolute Gasteiger partial charge is 0.227 e. The van der Waals surface area contributed by atoms with Gasteiger partial charge in [0.25, 0.3) is 0 Å². The van der Waals surface area contributed by atoms with Gasteiger partial charge in [0.05, 0.1) is 14.2 Å². The molecule has 8 heteroatoms. The first-order chi connectivity index (χ1) is 13.1. The molecule has 0 aliphatic carbocycles. The third kappa shape index (κ3) is 4.97. The van der Waals surface area contributed by atoms with Crippen LogP contribution < -0.4 is 14.8 Å². The molecule has 0 aliphatic rings. The molecule has 0 bridgehead atoms. The number of ether oxygens (including phenoxy) is 2. The molecule has 0 unspecified atom stereocenters. The van der Waals surface area contributed by atoms with E-state index >= 15 is 0 Å². The van der Waals surface area contributed by atoms with Crippen LogP contribution in [0, 0.1) is 3.57 Å². The summed E-state index contributed by atoms with van der Waals surface area (Å²) in [4.78, 5) is 16.5. The van der Waals surface area contributed by atoms with Crippen molar-refractivity contribution in [2.75, 3.05) is 19.5 Å². The van der Waals surface area contributed by atoms with Crippen LogP contribution in [0.5, 0.6) is 11.5 Å². The minimum absolute atomic E-state index is 0.156. The Balaban J connectivity index is 1.57. The molecule has 3 rings (SSSR count). The van der Waals surface area contributed by atoms with Gasteiger partial charge in [0.2, 0.25) is 17.6 Å². The van der Waals surface area contributed by atoms with E-state index in [1.807, 2.05) is 24.3 Å². The van der Waals surface area contributed by atoms with E-state index in [9.17, 15) is 4.79 Å². The SMILES string of the molecule is COc1ccc(NC(=O)CCc2nc(-c3ccc(I)cc3)no2)cc1OC. The van der Waals surface area contributed by atoms with Crippen LogP contribution >= 0.6 is 22.6 Å². The number of amides is 1. The summed E-state index contributed by atoms with van der Waals surface area (Å²) in [6, 6.07) is 13.0. The monoisotopic (exact) mass is 479 g/mol. The number of anilines is 1. The Kier molecular flexibility index (Phi) is 6.28. The number of nitrogens with one attached hydrogen (secondary N) is 1. The molecule has 0 fully saturated rings. The fourth-order valence-electron chi connectivity index (χ4n) is 2.43. The van der Waals surface area contributed by atoms with Crippen molar-refractivity contribution >= 4 is 34.2 Å². The van der Waals surface area contributed by atoms with Gasteiger partial charge < -0.3 is 19.3 Å². The lowest BCUT2D eigenvalue weighted by Crippen LogP contribution is -2.12. The predicted molar refractivity (Wildman–Crippen MR) is 109 cm³/mol. The van der Waals surface area contributed by atoms with Crippen molar-refractivity contribution in [3.63, 3.8) is 0 Å². The highest BCUT2D eigenvalue weighted by atomic mass is 127. The van der Waals surface area contributed by atoms with Crippen molar-refractivity contribution in [2.24, 2.45) is 0 Å². The van der Waals surface area contributed by atoms with E-state index in [2.05, 4.69) is 38.0 Å². The van der Waals surface area contributed by atoms with Gasteiger partial charge in [-0.25, -0.2) is 0 Å². The lowest BCUT2D eigenvalue weighted by atomic mass is 10.2. The van der Waals surface area contributed by atoms with Crippen LogP contribution in [0.25, 0.3) is 11.4 Å². The van der Waals surface area contributed by atoms with Crippen molar-refractivity contribution in [1.82, 2.24) is 10.1 Å². The minimum Gasteiger partial charge on any atom is -0.493 e. The number of methoxy groups -OCH3 is 2. The van der Waals surface area contributed by atoms with Crippen LogP contribution in [0.4, 0.5) is 5.69 Å². The fourth-order valence-corrected chi connectivity index (χ4v) is 2.79. The van der Waals surface area contributed by atoms with Crippen LogP contribution in [0.2, 0.25) is 0 Å². The first-order valence-corrected chi connectivity index (χ1v) is 9.27. The summed E-state index contributed by atoms with van der Waals surface area (Å²) in [6.45, 7) is 0. The summed E-state index contributed by atoms with van der Waals surface area (Å²) >= 11 is 2.24. The standard InChI is InChI=1S/C19H18IN3O4/c1-25-15-8-7-14(11-16(15)26-2)21-17(24)9-10-18-22-19(23-27-18)12-3-5-13(20)6-4-12/h3-8,11H,9-10H2,1-2H3,(H,21,24). The van der Waals surface area contributed by atoms with E-state index in [4.69, 9.17) is 14.0 Å². The Morgan fingerprint density at radius 3 is 2.56 bits per heavy atom. The molecule has 0 spiro atoms. The molecule has 0 saturated carbocycles. The number of carbonyl (C=O) groups is 1. The van der Waals surface area contributed by atoms with Crippen molar-refractivity contribution in [1.29, 1.82) is 0 Å². The van der Waals surface area contributed by atoms with E-state index in [-0.39, 0.29) is 12.3 Å². The van der Waals surface area contributed by atoms with Gasteiger partial charge in [-0.3, -0.25) is 4.79 Å². The summed E-state index contributed by atoms with van der Waals surface area (Å²) in [5.74, 6) is 1.93. The van der Waals surface area contributed by atoms with Gasteiger partial charge in [-0.2, -0.15) is 4.98 Å². The van der Waals surface area contributed by atoms with Crippen LogP contribution in [-0.4, -0.2) is 30.3 Å². The first-order valence-electron chi connectivity index (χ1n) is 8.19. The maximum absolute atomic E-state index is 12.2. The number of hydrogen-bond acceptors (Lipinski definition) is 6. The first kappa shape index (κ1) is 19.2. The number of nitrogens with zero attached hydrogens (tertiary/aromatic N) is 2. The number of rotatable bonds is 7. The molecule has 2 aromatic carbocycles. The molecule has 7 nitrogen and oxygen atoms in total. The predicted octanol–water partition coefficient (Wildman–Crippen LogP) is 3.93. The number of halogens is 1. The van der Waals surface area contributed by atoms with Crippen LogP contribution in [0.1, 0.15) is 12.3 Å². The number of carbonyl (C=O) groups excluding carboxylic acids is 1. The zero-order chi connectivity index (χ0) is 19.2. The van der Waals surface area contributed by atoms with Gasteiger partial charge in [-0.05, 0) is 46.9 Å². The van der Waals surface area contributed by atoms with Crippen molar-refractivity contribution in [3.8, 4) is 22.9 Å². The molecule has 1 amide bonds. The van der Waals surface area contributed by atoms with E-state index < -0.39 is 0 Å². The number of aryl methyl sites for hydroxylation is 1. The molecule has 3 aromatic rings. The van der Waals surface area contributed by atoms with Gasteiger partial charge >= 0.3 is 0 Å². The average Bonchev–Trinajstić information content (AvgIpc) is 3.16. The summed E-state index contributed by atoms with van der Waals surface area (Å²) in [6.07, 6.45) is 0.582. The molecule has 1 heterocycles.